The summed E-state index contributed by atoms with van der Waals surface area (Å²) in [7, 11) is 0. The van der Waals surface area contributed by atoms with Gasteiger partial charge < -0.3 is 25.0 Å². The van der Waals surface area contributed by atoms with Crippen molar-refractivity contribution in [2.75, 3.05) is 30.3 Å². The predicted molar refractivity (Wildman–Crippen MR) is 138 cm³/mol. The van der Waals surface area contributed by atoms with Gasteiger partial charge in [0.15, 0.2) is 0 Å². The highest BCUT2D eigenvalue weighted by atomic mass is 19.4. The molecule has 1 aliphatic heterocycles. The first kappa shape index (κ1) is 30.3. The van der Waals surface area contributed by atoms with Gasteiger partial charge in [0.25, 0.3) is 0 Å². The third kappa shape index (κ3) is 8.91. The number of amides is 1. The van der Waals surface area contributed by atoms with Crippen LogP contribution >= 0.6 is 0 Å². The summed E-state index contributed by atoms with van der Waals surface area (Å²) < 4.78 is 86.3. The molecule has 2 N–H and O–H groups in total. The number of benzene rings is 2. The Labute approximate surface area is 233 Å². The maximum absolute atomic E-state index is 13.2. The highest BCUT2D eigenvalue weighted by Crippen LogP contribution is 2.34. The van der Waals surface area contributed by atoms with Crippen LogP contribution in [0, 0.1) is 11.3 Å². The molecular weight excluding hydrogens is 554 g/mol. The van der Waals surface area contributed by atoms with Gasteiger partial charge in [-0.3, -0.25) is 4.79 Å². The van der Waals surface area contributed by atoms with Crippen LogP contribution in [0.15, 0.2) is 42.5 Å². The molecule has 4 rings (SSSR count). The van der Waals surface area contributed by atoms with Crippen LogP contribution < -0.4 is 15.4 Å². The quantitative estimate of drug-likeness (QED) is 0.354. The lowest BCUT2D eigenvalue weighted by Crippen LogP contribution is -2.44. The van der Waals surface area contributed by atoms with Crippen molar-refractivity contribution in [1.82, 2.24) is 4.90 Å². The second kappa shape index (κ2) is 12.9. The van der Waals surface area contributed by atoms with Crippen LogP contribution in [0.25, 0.3) is 0 Å². The fourth-order valence-electron chi connectivity index (χ4n) is 5.12. The Bertz CT molecular complexity index is 1210. The lowest BCUT2D eigenvalue weighted by atomic mass is 9.92. The van der Waals surface area contributed by atoms with Crippen molar-refractivity contribution < 1.29 is 40.6 Å². The summed E-state index contributed by atoms with van der Waals surface area (Å²) in [5.74, 6) is -0.409. The molecule has 1 amide bonds. The van der Waals surface area contributed by atoms with E-state index in [1.54, 1.807) is 11.0 Å². The molecule has 1 saturated carbocycles. The van der Waals surface area contributed by atoms with Gasteiger partial charge in [-0.2, -0.15) is 18.4 Å². The van der Waals surface area contributed by atoms with Gasteiger partial charge in [-0.15, -0.1) is 13.2 Å². The summed E-state index contributed by atoms with van der Waals surface area (Å²) >= 11 is 0. The number of rotatable bonds is 8. The summed E-state index contributed by atoms with van der Waals surface area (Å²) in [6.07, 6.45) is -5.47. The molecule has 41 heavy (non-hydrogen) atoms. The van der Waals surface area contributed by atoms with E-state index < -0.39 is 23.7 Å². The Balaban J connectivity index is 1.15. The van der Waals surface area contributed by atoms with Gasteiger partial charge in [0.05, 0.1) is 23.3 Å². The Kier molecular flexibility index (Phi) is 9.53. The fourth-order valence-corrected chi connectivity index (χ4v) is 5.12. The molecule has 0 atom stereocenters. The number of nitrogens with one attached hydrogen (secondary N) is 2. The molecule has 0 spiro atoms. The minimum absolute atomic E-state index is 0.0422. The lowest BCUT2D eigenvalue weighted by Gasteiger charge is -2.34. The molecule has 1 aliphatic carbocycles. The number of ether oxygens (including phenoxy) is 2. The highest BCUT2D eigenvalue weighted by Gasteiger charge is 2.34. The van der Waals surface area contributed by atoms with Crippen molar-refractivity contribution >= 4 is 17.3 Å². The molecule has 2 fully saturated rings. The first-order valence-electron chi connectivity index (χ1n) is 13.3. The van der Waals surface area contributed by atoms with E-state index in [0.717, 1.165) is 6.07 Å². The van der Waals surface area contributed by atoms with Gasteiger partial charge in [-0.05, 0) is 81.0 Å². The number of halogens is 6. The van der Waals surface area contributed by atoms with Gasteiger partial charge in [-0.25, -0.2) is 0 Å². The van der Waals surface area contributed by atoms with Crippen molar-refractivity contribution in [2.24, 2.45) is 0 Å². The third-order valence-corrected chi connectivity index (χ3v) is 7.24. The minimum Gasteiger partial charge on any atom is -0.406 e. The molecule has 13 heteroatoms. The van der Waals surface area contributed by atoms with E-state index in [4.69, 9.17) is 10.00 Å². The Morgan fingerprint density at radius 2 is 1.46 bits per heavy atom. The molecular formula is C28H30F6N4O3. The number of nitriles is 1. The molecule has 0 bridgehead atoms. The van der Waals surface area contributed by atoms with Crippen LogP contribution in [-0.4, -0.2) is 55.1 Å². The molecule has 0 aromatic heterocycles. The molecule has 2 aliphatic rings. The Hall–Kier alpha value is -3.66. The number of carbonyl (C=O) groups excluding carboxylic acids is 1. The predicted octanol–water partition coefficient (Wildman–Crippen LogP) is 6.32. The smallest absolute Gasteiger partial charge is 0.406 e. The van der Waals surface area contributed by atoms with Crippen LogP contribution in [0.5, 0.6) is 5.75 Å². The van der Waals surface area contributed by atoms with Crippen molar-refractivity contribution in [3.63, 3.8) is 0 Å². The minimum atomic E-state index is -4.74. The molecule has 1 heterocycles. The Morgan fingerprint density at radius 1 is 0.878 bits per heavy atom. The monoisotopic (exact) mass is 584 g/mol. The normalized spacial score (nSPS) is 20.3. The number of hydrogen-bond acceptors (Lipinski definition) is 6. The standard InChI is InChI=1S/C28H30F6N4O3/c29-27(30,31)25-15-22(2-1-18(25)16-35)37-20-3-7-23(8-4-20)40-17-26(39)38-13-11-21(12-14-38)36-19-5-9-24(10-6-19)41-28(32,33)34/h1-2,5-6,9-10,15,20-21,23,36-37H,3-4,7-8,11-14,17H2/t20-,23-. The maximum Gasteiger partial charge on any atom is 0.573 e. The topological polar surface area (TPSA) is 86.6 Å². The van der Waals surface area contributed by atoms with Gasteiger partial charge in [0.2, 0.25) is 5.91 Å². The number of piperidine rings is 1. The van der Waals surface area contributed by atoms with Gasteiger partial charge >= 0.3 is 12.5 Å². The van der Waals surface area contributed by atoms with E-state index in [-0.39, 0.29) is 36.5 Å². The number of anilines is 2. The summed E-state index contributed by atoms with van der Waals surface area (Å²) in [5.41, 5.74) is -0.411. The van der Waals surface area contributed by atoms with Crippen molar-refractivity contribution in [3.8, 4) is 11.8 Å². The van der Waals surface area contributed by atoms with Crippen molar-refractivity contribution in [3.05, 3.63) is 53.6 Å². The average molecular weight is 585 g/mol. The SMILES string of the molecule is N#Cc1ccc(N[C@H]2CC[C@H](OCC(=O)N3CCC(Nc4ccc(OC(F)(F)F)cc4)CC3)CC2)cc1C(F)(F)F. The summed E-state index contributed by atoms with van der Waals surface area (Å²) in [5, 5.41) is 15.3. The number of hydrogen-bond donors (Lipinski definition) is 2. The average Bonchev–Trinajstić information content (AvgIpc) is 2.93. The molecule has 222 valence electrons. The summed E-state index contributed by atoms with van der Waals surface area (Å²) in [6.45, 7) is 0.999. The summed E-state index contributed by atoms with van der Waals surface area (Å²) in [6, 6.07) is 10.7. The van der Waals surface area contributed by atoms with E-state index >= 15 is 0 Å². The summed E-state index contributed by atoms with van der Waals surface area (Å²) in [4.78, 5) is 14.4. The molecule has 1 saturated heterocycles. The molecule has 0 unspecified atom stereocenters. The Morgan fingerprint density at radius 3 is 2.05 bits per heavy atom. The van der Waals surface area contributed by atoms with Crippen LogP contribution in [0.3, 0.4) is 0 Å². The van der Waals surface area contributed by atoms with Crippen molar-refractivity contribution in [2.45, 2.75) is 69.3 Å². The van der Waals surface area contributed by atoms with E-state index in [0.29, 0.717) is 63.0 Å². The van der Waals surface area contributed by atoms with Crippen molar-refractivity contribution in [1.29, 1.82) is 5.26 Å². The maximum atomic E-state index is 13.2. The van der Waals surface area contributed by atoms with Crippen LogP contribution in [0.2, 0.25) is 0 Å². The molecule has 7 nitrogen and oxygen atoms in total. The van der Waals surface area contributed by atoms with Gasteiger partial charge in [0.1, 0.15) is 12.4 Å². The first-order valence-corrected chi connectivity index (χ1v) is 13.3. The van der Waals surface area contributed by atoms with E-state index in [9.17, 15) is 31.1 Å². The third-order valence-electron chi connectivity index (χ3n) is 7.24. The lowest BCUT2D eigenvalue weighted by molar-refractivity contribution is -0.274. The van der Waals surface area contributed by atoms with Crippen LogP contribution in [-0.2, 0) is 15.7 Å². The largest absolute Gasteiger partial charge is 0.573 e. The first-order chi connectivity index (χ1) is 19.4. The zero-order chi connectivity index (χ0) is 29.6. The van der Waals surface area contributed by atoms with Crippen LogP contribution in [0.4, 0.5) is 37.7 Å². The number of alkyl halides is 6. The van der Waals surface area contributed by atoms with Gasteiger partial charge in [-0.1, -0.05) is 0 Å². The van der Waals surface area contributed by atoms with E-state index in [1.807, 2.05) is 0 Å². The fraction of sp³-hybridized carbons (Fsp3) is 0.500. The van der Waals surface area contributed by atoms with E-state index in [1.165, 1.54) is 36.4 Å². The van der Waals surface area contributed by atoms with E-state index in [2.05, 4.69) is 15.4 Å². The zero-order valence-electron chi connectivity index (χ0n) is 22.0. The van der Waals surface area contributed by atoms with Crippen LogP contribution in [0.1, 0.15) is 49.7 Å². The number of likely N-dealkylation sites (tertiary alicyclic amines) is 1. The number of carbonyl (C=O) groups is 1. The second-order valence-corrected chi connectivity index (χ2v) is 10.2. The van der Waals surface area contributed by atoms with Gasteiger partial charge in [0, 0.05) is 36.5 Å². The molecule has 2 aromatic carbocycles. The number of nitrogens with zero attached hydrogens (tertiary/aromatic N) is 2. The highest BCUT2D eigenvalue weighted by molar-refractivity contribution is 5.77. The molecule has 2 aromatic rings. The molecule has 0 radical (unpaired) electrons. The second-order valence-electron chi connectivity index (χ2n) is 10.2. The zero-order valence-corrected chi connectivity index (χ0v) is 22.0.